The van der Waals surface area contributed by atoms with Crippen molar-refractivity contribution in [1.82, 2.24) is 0 Å². The zero-order valence-corrected chi connectivity index (χ0v) is 5.99. The van der Waals surface area contributed by atoms with Crippen LogP contribution in [0.3, 0.4) is 0 Å². The third kappa shape index (κ3) is 1.56. The van der Waals surface area contributed by atoms with Crippen molar-refractivity contribution in [1.29, 1.82) is 0 Å². The van der Waals surface area contributed by atoms with Gasteiger partial charge in [-0.2, -0.15) is 0 Å². The molecule has 12 heavy (non-hydrogen) atoms. The predicted molar refractivity (Wildman–Crippen MR) is 34.8 cm³/mol. The van der Waals surface area contributed by atoms with Crippen LogP contribution in [0.25, 0.3) is 0 Å². The molecular weight excluding hydrogens is 168 g/mol. The summed E-state index contributed by atoms with van der Waals surface area (Å²) >= 11 is 0. The van der Waals surface area contributed by atoms with E-state index in [1.165, 1.54) is 0 Å². The first-order valence-corrected chi connectivity index (χ1v) is 3.30. The highest BCUT2D eigenvalue weighted by atomic mass is 16.5. The van der Waals surface area contributed by atoms with Crippen LogP contribution in [0.2, 0.25) is 0 Å². The van der Waals surface area contributed by atoms with Gasteiger partial charge in [0.25, 0.3) is 0 Å². The molecule has 0 saturated carbocycles. The summed E-state index contributed by atoms with van der Waals surface area (Å²) in [7, 11) is 0. The molecule has 0 amide bonds. The number of carboxylic acid groups (broad SMARTS) is 1. The monoisotopic (exact) mass is 177 g/mol. The van der Waals surface area contributed by atoms with Gasteiger partial charge >= 0.3 is 5.97 Å². The maximum atomic E-state index is 10.3. The Morgan fingerprint density at radius 1 is 1.25 bits per heavy atom. The van der Waals surface area contributed by atoms with Crippen LogP contribution in [-0.2, 0) is 9.53 Å². The third-order valence-electron chi connectivity index (χ3n) is 1.62. The van der Waals surface area contributed by atoms with Gasteiger partial charge in [0.05, 0.1) is 0 Å². The Morgan fingerprint density at radius 3 is 2.33 bits per heavy atom. The molecule has 6 nitrogen and oxygen atoms in total. The van der Waals surface area contributed by atoms with Gasteiger partial charge in [0.1, 0.15) is 24.9 Å². The molecule has 4 atom stereocenters. The Kier molecular flexibility index (Phi) is 2.63. The van der Waals surface area contributed by atoms with Crippen LogP contribution in [0, 0.1) is 6.61 Å². The molecule has 1 aliphatic heterocycles. The number of aliphatic hydroxyl groups excluding tert-OH is 3. The van der Waals surface area contributed by atoms with Crippen molar-refractivity contribution >= 4 is 5.97 Å². The van der Waals surface area contributed by atoms with E-state index in [1.54, 1.807) is 0 Å². The molecule has 69 valence electrons. The smallest absolute Gasteiger partial charge is 0.335 e. The fourth-order valence-electron chi connectivity index (χ4n) is 0.912. The Labute approximate surface area is 68.0 Å². The zero-order valence-electron chi connectivity index (χ0n) is 5.99. The van der Waals surface area contributed by atoms with Crippen molar-refractivity contribution in [3.8, 4) is 0 Å². The van der Waals surface area contributed by atoms with Gasteiger partial charge in [0, 0.05) is 0 Å². The second-order valence-electron chi connectivity index (χ2n) is 2.50. The molecule has 1 aliphatic rings. The molecule has 0 aromatic rings. The molecule has 0 aromatic carbocycles. The van der Waals surface area contributed by atoms with Crippen LogP contribution < -0.4 is 0 Å². The second kappa shape index (κ2) is 3.36. The van der Waals surface area contributed by atoms with Crippen LogP contribution in [0.1, 0.15) is 0 Å². The van der Waals surface area contributed by atoms with Crippen LogP contribution in [-0.4, -0.2) is 50.8 Å². The highest BCUT2D eigenvalue weighted by molar-refractivity contribution is 5.73. The first-order valence-electron chi connectivity index (χ1n) is 3.30. The predicted octanol–water partition coefficient (Wildman–Crippen LogP) is -2.29. The van der Waals surface area contributed by atoms with Gasteiger partial charge in [-0.15, -0.1) is 0 Å². The zero-order chi connectivity index (χ0) is 9.30. The van der Waals surface area contributed by atoms with Gasteiger partial charge in [0.2, 0.25) is 0 Å². The average Bonchev–Trinajstić information content (AvgIpc) is 2.00. The highest BCUT2D eigenvalue weighted by Gasteiger charge is 2.41. The lowest BCUT2D eigenvalue weighted by atomic mass is 10.0. The van der Waals surface area contributed by atoms with Crippen LogP contribution >= 0.6 is 0 Å². The Balaban J connectivity index is 2.65. The largest absolute Gasteiger partial charge is 0.479 e. The average molecular weight is 177 g/mol. The molecule has 1 saturated heterocycles. The minimum Gasteiger partial charge on any atom is -0.479 e. The normalized spacial score (nSPS) is 42.6. The maximum absolute atomic E-state index is 10.3. The van der Waals surface area contributed by atoms with Crippen molar-refractivity contribution in [3.05, 3.63) is 6.61 Å². The van der Waals surface area contributed by atoms with Crippen molar-refractivity contribution in [2.45, 2.75) is 24.4 Å². The summed E-state index contributed by atoms with van der Waals surface area (Å²) in [6.45, 7) is 0.788. The van der Waals surface area contributed by atoms with Gasteiger partial charge in [-0.05, 0) is 0 Å². The number of ether oxygens (including phenoxy) is 1. The molecule has 1 radical (unpaired) electrons. The lowest BCUT2D eigenvalue weighted by Crippen LogP contribution is -2.53. The van der Waals surface area contributed by atoms with Crippen LogP contribution in [0.4, 0.5) is 0 Å². The van der Waals surface area contributed by atoms with E-state index in [1.807, 2.05) is 0 Å². The molecule has 0 unspecified atom stereocenters. The fraction of sp³-hybridized carbons (Fsp3) is 0.667. The Morgan fingerprint density at radius 2 is 1.83 bits per heavy atom. The lowest BCUT2D eigenvalue weighted by Gasteiger charge is -2.32. The van der Waals surface area contributed by atoms with E-state index in [2.05, 4.69) is 4.74 Å². The first kappa shape index (κ1) is 9.40. The van der Waals surface area contributed by atoms with Crippen LogP contribution in [0.15, 0.2) is 0 Å². The number of carbonyl (C=O) groups is 1. The summed E-state index contributed by atoms with van der Waals surface area (Å²) in [6.07, 6.45) is -5.98. The number of aliphatic carboxylic acids is 1. The van der Waals surface area contributed by atoms with Crippen molar-refractivity contribution in [2.75, 3.05) is 0 Å². The number of hydrogen-bond donors (Lipinski definition) is 4. The molecule has 6 heteroatoms. The standard InChI is InChI=1S/C6H9O6/c7-2-1-12-5(6(10)11)4(9)3(2)8/h1-5,7-9H,(H,10,11)/t2-,3+,4-,5+/m1/s1. The highest BCUT2D eigenvalue weighted by Crippen LogP contribution is 2.18. The Hall–Kier alpha value is -0.690. The molecular formula is C6H9O6. The summed E-state index contributed by atoms with van der Waals surface area (Å²) < 4.78 is 4.45. The minimum atomic E-state index is -1.61. The molecule has 0 bridgehead atoms. The summed E-state index contributed by atoms with van der Waals surface area (Å²) in [4.78, 5) is 10.3. The van der Waals surface area contributed by atoms with Crippen molar-refractivity contribution in [3.63, 3.8) is 0 Å². The molecule has 1 rings (SSSR count). The van der Waals surface area contributed by atoms with E-state index >= 15 is 0 Å². The maximum Gasteiger partial charge on any atom is 0.335 e. The molecule has 1 fully saturated rings. The number of hydrogen-bond acceptors (Lipinski definition) is 5. The van der Waals surface area contributed by atoms with E-state index in [9.17, 15) is 4.79 Å². The minimum absolute atomic E-state index is 0.788. The molecule has 0 spiro atoms. The molecule has 0 aliphatic carbocycles. The molecule has 4 N–H and O–H groups in total. The van der Waals surface area contributed by atoms with Gasteiger partial charge in [-0.3, -0.25) is 0 Å². The first-order chi connectivity index (χ1) is 5.54. The van der Waals surface area contributed by atoms with E-state index in [0.717, 1.165) is 6.61 Å². The van der Waals surface area contributed by atoms with Gasteiger partial charge in [-0.1, -0.05) is 0 Å². The SMILES string of the molecule is O=C(O)[C@H]1O[CH][C@@H](O)[C@H](O)[C@H]1O. The molecule has 1 heterocycles. The van der Waals surface area contributed by atoms with E-state index < -0.39 is 30.4 Å². The quantitative estimate of drug-likeness (QED) is 0.359. The lowest BCUT2D eigenvalue weighted by molar-refractivity contribution is -0.185. The third-order valence-corrected chi connectivity index (χ3v) is 1.62. The molecule has 0 aromatic heterocycles. The number of carboxylic acids is 1. The van der Waals surface area contributed by atoms with E-state index in [-0.39, 0.29) is 0 Å². The second-order valence-corrected chi connectivity index (χ2v) is 2.50. The summed E-state index contributed by atoms with van der Waals surface area (Å²) in [5, 5.41) is 35.3. The van der Waals surface area contributed by atoms with Gasteiger partial charge < -0.3 is 25.2 Å². The summed E-state index contributed by atoms with van der Waals surface area (Å²) in [5.41, 5.74) is 0. The number of rotatable bonds is 1. The van der Waals surface area contributed by atoms with Gasteiger partial charge in [-0.25, -0.2) is 4.79 Å². The number of aliphatic hydroxyl groups is 3. The summed E-state index contributed by atoms with van der Waals surface area (Å²) in [5.74, 6) is -1.38. The topological polar surface area (TPSA) is 107 Å². The van der Waals surface area contributed by atoms with Crippen molar-refractivity contribution in [2.24, 2.45) is 0 Å². The van der Waals surface area contributed by atoms with Crippen LogP contribution in [0.5, 0.6) is 0 Å². The summed E-state index contributed by atoms with van der Waals surface area (Å²) in [6, 6.07) is 0. The fourth-order valence-corrected chi connectivity index (χ4v) is 0.912. The van der Waals surface area contributed by atoms with E-state index in [4.69, 9.17) is 20.4 Å². The van der Waals surface area contributed by atoms with Gasteiger partial charge in [0.15, 0.2) is 6.10 Å². The Bertz CT molecular complexity index is 181. The van der Waals surface area contributed by atoms with Crippen molar-refractivity contribution < 1.29 is 30.0 Å². The van der Waals surface area contributed by atoms with E-state index in [0.29, 0.717) is 0 Å².